The molecule has 0 radical (unpaired) electrons. The molecule has 0 heterocycles. The lowest BCUT2D eigenvalue weighted by Crippen LogP contribution is -2.30. The maximum Gasteiger partial charge on any atom is 0.254 e. The molecule has 88 valence electrons. The number of halogens is 1. The zero-order valence-corrected chi connectivity index (χ0v) is 10.2. The van der Waals surface area contributed by atoms with E-state index in [1.165, 1.54) is 6.07 Å². The summed E-state index contributed by atoms with van der Waals surface area (Å²) in [6.07, 6.45) is 0. The molecular formula is C13H18FNO. The van der Waals surface area contributed by atoms with Gasteiger partial charge in [0.1, 0.15) is 5.82 Å². The van der Waals surface area contributed by atoms with Crippen molar-refractivity contribution in [3.05, 3.63) is 35.1 Å². The molecule has 0 saturated heterocycles. The molecule has 1 N–H and O–H groups in total. The van der Waals surface area contributed by atoms with Gasteiger partial charge in [-0.25, -0.2) is 4.39 Å². The predicted octanol–water partition coefficient (Wildman–Crippen LogP) is 3.09. The van der Waals surface area contributed by atoms with Crippen LogP contribution in [0.5, 0.6) is 0 Å². The van der Waals surface area contributed by atoms with Gasteiger partial charge in [-0.2, -0.15) is 0 Å². The van der Waals surface area contributed by atoms with Crippen molar-refractivity contribution in [2.24, 2.45) is 0 Å². The largest absolute Gasteiger partial charge is 0.350 e. The van der Waals surface area contributed by atoms with Crippen molar-refractivity contribution in [2.75, 3.05) is 0 Å². The highest BCUT2D eigenvalue weighted by Gasteiger charge is 2.13. The molecule has 0 spiro atoms. The second-order valence-corrected chi connectivity index (χ2v) is 4.52. The lowest BCUT2D eigenvalue weighted by Gasteiger charge is -2.11. The summed E-state index contributed by atoms with van der Waals surface area (Å²) in [7, 11) is 0. The van der Waals surface area contributed by atoms with E-state index in [1.807, 2.05) is 27.7 Å². The lowest BCUT2D eigenvalue weighted by molar-refractivity contribution is 0.0939. The first-order chi connectivity index (χ1) is 7.41. The van der Waals surface area contributed by atoms with Gasteiger partial charge in [-0.1, -0.05) is 19.9 Å². The summed E-state index contributed by atoms with van der Waals surface area (Å²) in [4.78, 5) is 11.6. The molecule has 0 aliphatic heterocycles. The van der Waals surface area contributed by atoms with E-state index in [2.05, 4.69) is 5.32 Å². The fraction of sp³-hybridized carbons (Fsp3) is 0.462. The first-order valence-corrected chi connectivity index (χ1v) is 5.52. The average Bonchev–Trinajstić information content (AvgIpc) is 2.15. The minimum absolute atomic E-state index is 0.0108. The molecule has 0 unspecified atom stereocenters. The Morgan fingerprint density at radius 1 is 1.25 bits per heavy atom. The summed E-state index contributed by atoms with van der Waals surface area (Å²) in [5.74, 6) is -0.552. The maximum atomic E-state index is 13.7. The molecule has 0 aliphatic rings. The molecule has 2 nitrogen and oxygen atoms in total. The molecule has 3 heteroatoms. The van der Waals surface area contributed by atoms with Gasteiger partial charge in [-0.3, -0.25) is 4.79 Å². The van der Waals surface area contributed by atoms with Gasteiger partial charge in [0, 0.05) is 6.04 Å². The van der Waals surface area contributed by atoms with Crippen LogP contribution in [0.15, 0.2) is 18.2 Å². The van der Waals surface area contributed by atoms with E-state index in [4.69, 9.17) is 0 Å². The van der Waals surface area contributed by atoms with Crippen molar-refractivity contribution >= 4 is 5.91 Å². The Bertz CT molecular complexity index is 386. The van der Waals surface area contributed by atoms with Gasteiger partial charge in [-0.05, 0) is 37.5 Å². The van der Waals surface area contributed by atoms with Crippen LogP contribution in [0.25, 0.3) is 0 Å². The second-order valence-electron chi connectivity index (χ2n) is 4.52. The van der Waals surface area contributed by atoms with Crippen molar-refractivity contribution in [2.45, 2.75) is 39.7 Å². The van der Waals surface area contributed by atoms with E-state index >= 15 is 0 Å². The number of nitrogens with one attached hydrogen (secondary N) is 1. The second kappa shape index (κ2) is 5.10. The minimum Gasteiger partial charge on any atom is -0.350 e. The standard InChI is InChI=1S/C13H18FNO/c1-8(2)10-5-6-11(12(14)7-10)13(16)15-9(3)4/h5-9H,1-4H3,(H,15,16). The predicted molar refractivity (Wildman–Crippen MR) is 63.1 cm³/mol. The maximum absolute atomic E-state index is 13.7. The molecule has 0 aliphatic carbocycles. The van der Waals surface area contributed by atoms with E-state index < -0.39 is 5.82 Å². The number of hydrogen-bond acceptors (Lipinski definition) is 1. The number of amides is 1. The Hall–Kier alpha value is -1.38. The van der Waals surface area contributed by atoms with E-state index in [-0.39, 0.29) is 23.4 Å². The number of hydrogen-bond donors (Lipinski definition) is 1. The number of carbonyl (C=O) groups excluding carboxylic acids is 1. The molecule has 16 heavy (non-hydrogen) atoms. The average molecular weight is 223 g/mol. The molecular weight excluding hydrogens is 205 g/mol. The topological polar surface area (TPSA) is 29.1 Å². The van der Waals surface area contributed by atoms with Crippen LogP contribution in [0.1, 0.15) is 49.5 Å². The van der Waals surface area contributed by atoms with Gasteiger partial charge in [0.25, 0.3) is 5.91 Å². The van der Waals surface area contributed by atoms with Crippen molar-refractivity contribution in [1.29, 1.82) is 0 Å². The van der Waals surface area contributed by atoms with E-state index in [0.29, 0.717) is 0 Å². The molecule has 1 aromatic rings. The highest BCUT2D eigenvalue weighted by molar-refractivity contribution is 5.94. The van der Waals surface area contributed by atoms with Gasteiger partial charge in [-0.15, -0.1) is 0 Å². The lowest BCUT2D eigenvalue weighted by atomic mass is 10.0. The summed E-state index contributed by atoms with van der Waals surface area (Å²) in [6.45, 7) is 7.67. The highest BCUT2D eigenvalue weighted by atomic mass is 19.1. The molecule has 0 saturated carbocycles. The highest BCUT2D eigenvalue weighted by Crippen LogP contribution is 2.17. The first kappa shape index (κ1) is 12.7. The van der Waals surface area contributed by atoms with Crippen LogP contribution in [0.2, 0.25) is 0 Å². The summed E-state index contributed by atoms with van der Waals surface area (Å²) >= 11 is 0. The van der Waals surface area contributed by atoms with Gasteiger partial charge in [0.05, 0.1) is 5.56 Å². The van der Waals surface area contributed by atoms with Crippen molar-refractivity contribution < 1.29 is 9.18 Å². The summed E-state index contributed by atoms with van der Waals surface area (Å²) in [5, 5.41) is 2.67. The molecule has 1 rings (SSSR count). The summed E-state index contributed by atoms with van der Waals surface area (Å²) in [5.41, 5.74) is 1.01. The Morgan fingerprint density at radius 3 is 2.31 bits per heavy atom. The molecule has 1 aromatic carbocycles. The number of carbonyl (C=O) groups is 1. The van der Waals surface area contributed by atoms with Crippen LogP contribution < -0.4 is 5.32 Å². The van der Waals surface area contributed by atoms with Crippen LogP contribution in [-0.2, 0) is 0 Å². The Morgan fingerprint density at radius 2 is 1.88 bits per heavy atom. The van der Waals surface area contributed by atoms with E-state index in [0.717, 1.165) is 5.56 Å². The zero-order chi connectivity index (χ0) is 12.3. The van der Waals surface area contributed by atoms with Gasteiger partial charge < -0.3 is 5.32 Å². The third-order valence-corrected chi connectivity index (χ3v) is 2.32. The van der Waals surface area contributed by atoms with E-state index in [1.54, 1.807) is 12.1 Å². The molecule has 0 fully saturated rings. The molecule has 0 atom stereocenters. The SMILES string of the molecule is CC(C)NC(=O)c1ccc(C(C)C)cc1F. The first-order valence-electron chi connectivity index (χ1n) is 5.52. The number of benzene rings is 1. The van der Waals surface area contributed by atoms with Crippen molar-refractivity contribution in [1.82, 2.24) is 5.32 Å². The van der Waals surface area contributed by atoms with E-state index in [9.17, 15) is 9.18 Å². The fourth-order valence-corrected chi connectivity index (χ4v) is 1.41. The normalized spacial score (nSPS) is 10.9. The van der Waals surface area contributed by atoms with Crippen LogP contribution in [0.4, 0.5) is 4.39 Å². The van der Waals surface area contributed by atoms with Crippen molar-refractivity contribution in [3.63, 3.8) is 0 Å². The van der Waals surface area contributed by atoms with Crippen LogP contribution in [0, 0.1) is 5.82 Å². The Kier molecular flexibility index (Phi) is 4.05. The van der Waals surface area contributed by atoms with Crippen molar-refractivity contribution in [3.8, 4) is 0 Å². The van der Waals surface area contributed by atoms with Crippen LogP contribution in [0.3, 0.4) is 0 Å². The minimum atomic E-state index is -0.454. The Balaban J connectivity index is 2.95. The molecule has 1 amide bonds. The monoisotopic (exact) mass is 223 g/mol. The van der Waals surface area contributed by atoms with Gasteiger partial charge >= 0.3 is 0 Å². The molecule has 0 aromatic heterocycles. The summed E-state index contributed by atoms with van der Waals surface area (Å²) < 4.78 is 13.7. The van der Waals surface area contributed by atoms with Crippen LogP contribution >= 0.6 is 0 Å². The third-order valence-electron chi connectivity index (χ3n) is 2.32. The zero-order valence-electron chi connectivity index (χ0n) is 10.2. The smallest absolute Gasteiger partial charge is 0.254 e. The van der Waals surface area contributed by atoms with Gasteiger partial charge in [0.15, 0.2) is 0 Å². The number of rotatable bonds is 3. The third kappa shape index (κ3) is 3.05. The Labute approximate surface area is 95.9 Å². The molecule has 0 bridgehead atoms. The summed E-state index contributed by atoms with van der Waals surface area (Å²) in [6, 6.07) is 4.78. The van der Waals surface area contributed by atoms with Crippen LogP contribution in [-0.4, -0.2) is 11.9 Å². The fourth-order valence-electron chi connectivity index (χ4n) is 1.41. The van der Waals surface area contributed by atoms with Gasteiger partial charge in [0.2, 0.25) is 0 Å². The quantitative estimate of drug-likeness (QED) is 0.838.